The van der Waals surface area contributed by atoms with E-state index in [1.165, 1.54) is 0 Å². The predicted octanol–water partition coefficient (Wildman–Crippen LogP) is -0.102. The highest BCUT2D eigenvalue weighted by atomic mass is 16.4. The van der Waals surface area contributed by atoms with E-state index in [-0.39, 0.29) is 11.7 Å². The van der Waals surface area contributed by atoms with Gasteiger partial charge in [-0.05, 0) is 19.9 Å². The van der Waals surface area contributed by atoms with Crippen molar-refractivity contribution in [2.45, 2.75) is 13.8 Å². The molecule has 1 saturated heterocycles. The molecular formula is C13H20N6O2. The minimum atomic E-state index is -1.01. The second-order valence-corrected chi connectivity index (χ2v) is 5.44. The maximum atomic E-state index is 12.5. The van der Waals surface area contributed by atoms with Crippen molar-refractivity contribution >= 4 is 17.7 Å². The van der Waals surface area contributed by atoms with Crippen LogP contribution in [-0.4, -0.2) is 58.0 Å². The molecule has 0 atom stereocenters. The molecule has 2 rings (SSSR count). The quantitative estimate of drug-likeness (QED) is 0.348. The number of aromatic nitrogens is 2. The lowest BCUT2D eigenvalue weighted by Gasteiger charge is -2.38. The van der Waals surface area contributed by atoms with Crippen LogP contribution < -0.4 is 10.6 Å². The van der Waals surface area contributed by atoms with Gasteiger partial charge < -0.3 is 20.7 Å². The van der Waals surface area contributed by atoms with Gasteiger partial charge in [0.25, 0.3) is 0 Å². The van der Waals surface area contributed by atoms with E-state index in [2.05, 4.69) is 15.1 Å². The number of carbonyl (C=O) groups excluding carboxylic acids is 1. The van der Waals surface area contributed by atoms with Gasteiger partial charge in [-0.15, -0.1) is 0 Å². The van der Waals surface area contributed by atoms with Crippen LogP contribution in [0.3, 0.4) is 0 Å². The van der Waals surface area contributed by atoms with Crippen molar-refractivity contribution in [3.8, 4) is 0 Å². The van der Waals surface area contributed by atoms with E-state index in [4.69, 9.17) is 10.9 Å². The largest absolute Gasteiger partial charge is 0.409 e. The molecule has 21 heavy (non-hydrogen) atoms. The molecule has 8 heteroatoms. The molecule has 3 N–H and O–H groups in total. The second-order valence-electron chi connectivity index (χ2n) is 5.44. The second kappa shape index (κ2) is 5.94. The molecule has 0 saturated carbocycles. The third-order valence-electron chi connectivity index (χ3n) is 3.68. The van der Waals surface area contributed by atoms with Gasteiger partial charge >= 0.3 is 0 Å². The van der Waals surface area contributed by atoms with Crippen LogP contribution >= 0.6 is 0 Å². The van der Waals surface area contributed by atoms with Crippen molar-refractivity contribution in [3.63, 3.8) is 0 Å². The first-order valence-electron chi connectivity index (χ1n) is 6.76. The summed E-state index contributed by atoms with van der Waals surface area (Å²) >= 11 is 0. The van der Waals surface area contributed by atoms with Gasteiger partial charge in [-0.25, -0.2) is 9.97 Å². The van der Waals surface area contributed by atoms with Crippen molar-refractivity contribution in [1.82, 2.24) is 14.9 Å². The molecule has 8 nitrogen and oxygen atoms in total. The number of amidine groups is 1. The number of oxime groups is 1. The number of amides is 1. The first kappa shape index (κ1) is 15.0. The van der Waals surface area contributed by atoms with Gasteiger partial charge in [0, 0.05) is 38.6 Å². The Morgan fingerprint density at radius 1 is 1.29 bits per heavy atom. The van der Waals surface area contributed by atoms with Gasteiger partial charge in [-0.1, -0.05) is 5.16 Å². The Kier molecular flexibility index (Phi) is 4.25. The molecule has 0 bridgehead atoms. The monoisotopic (exact) mass is 292 g/mol. The van der Waals surface area contributed by atoms with Gasteiger partial charge in [-0.2, -0.15) is 0 Å². The first-order valence-corrected chi connectivity index (χ1v) is 6.76. The van der Waals surface area contributed by atoms with Crippen LogP contribution in [0, 0.1) is 5.41 Å². The molecule has 1 aliphatic heterocycles. The zero-order valence-corrected chi connectivity index (χ0v) is 12.2. The number of rotatable bonds is 3. The highest BCUT2D eigenvalue weighted by Crippen LogP contribution is 2.21. The van der Waals surface area contributed by atoms with E-state index >= 15 is 0 Å². The van der Waals surface area contributed by atoms with E-state index in [0.29, 0.717) is 32.1 Å². The number of anilines is 1. The van der Waals surface area contributed by atoms with Crippen LogP contribution in [0.15, 0.2) is 23.6 Å². The summed E-state index contributed by atoms with van der Waals surface area (Å²) in [6, 6.07) is 1.77. The third-order valence-corrected chi connectivity index (χ3v) is 3.68. The van der Waals surface area contributed by atoms with Gasteiger partial charge in [0.1, 0.15) is 5.41 Å². The molecule has 114 valence electrons. The summed E-state index contributed by atoms with van der Waals surface area (Å²) in [6.45, 7) is 5.72. The maximum absolute atomic E-state index is 12.5. The smallest absolute Gasteiger partial charge is 0.236 e. The van der Waals surface area contributed by atoms with Gasteiger partial charge in [0.15, 0.2) is 5.84 Å². The number of hydrogen-bond donors (Lipinski definition) is 2. The Morgan fingerprint density at radius 2 is 1.86 bits per heavy atom. The number of hydrogen-bond acceptors (Lipinski definition) is 6. The summed E-state index contributed by atoms with van der Waals surface area (Å²) < 4.78 is 0. The van der Waals surface area contributed by atoms with Crippen LogP contribution in [-0.2, 0) is 4.79 Å². The molecular weight excluding hydrogens is 272 g/mol. The maximum Gasteiger partial charge on any atom is 0.236 e. The van der Waals surface area contributed by atoms with Crippen molar-refractivity contribution in [1.29, 1.82) is 0 Å². The summed E-state index contributed by atoms with van der Waals surface area (Å²) in [5.41, 5.74) is 4.59. The Bertz CT molecular complexity index is 523. The summed E-state index contributed by atoms with van der Waals surface area (Å²) in [5.74, 6) is 0.438. The summed E-state index contributed by atoms with van der Waals surface area (Å²) in [5, 5.41) is 11.7. The lowest BCUT2D eigenvalue weighted by molar-refractivity contribution is -0.137. The van der Waals surface area contributed by atoms with E-state index in [0.717, 1.165) is 0 Å². The van der Waals surface area contributed by atoms with Crippen molar-refractivity contribution < 1.29 is 10.0 Å². The molecule has 1 aromatic rings. The van der Waals surface area contributed by atoms with E-state index in [9.17, 15) is 4.79 Å². The SMILES string of the molecule is CC(C)(C(=O)N1CCN(c2ncccn2)CC1)C(N)=NO. The molecule has 0 aromatic carbocycles. The number of nitrogens with two attached hydrogens (primary N) is 1. The van der Waals surface area contributed by atoms with Crippen molar-refractivity contribution in [3.05, 3.63) is 18.5 Å². The number of carbonyl (C=O) groups is 1. The Labute approximate surface area is 123 Å². The van der Waals surface area contributed by atoms with Crippen LogP contribution in [0.2, 0.25) is 0 Å². The molecule has 1 amide bonds. The molecule has 0 unspecified atom stereocenters. The fraction of sp³-hybridized carbons (Fsp3) is 0.538. The average molecular weight is 292 g/mol. The zero-order valence-electron chi connectivity index (χ0n) is 12.2. The average Bonchev–Trinajstić information content (AvgIpc) is 2.54. The Hall–Kier alpha value is -2.38. The molecule has 2 heterocycles. The molecule has 1 aliphatic rings. The fourth-order valence-electron chi connectivity index (χ4n) is 2.19. The van der Waals surface area contributed by atoms with Crippen LogP contribution in [0.1, 0.15) is 13.8 Å². The van der Waals surface area contributed by atoms with Gasteiger partial charge in [-0.3, -0.25) is 4.79 Å². The van der Waals surface area contributed by atoms with Crippen LogP contribution in [0.4, 0.5) is 5.95 Å². The van der Waals surface area contributed by atoms with Gasteiger partial charge in [0.05, 0.1) is 0 Å². The molecule has 0 spiro atoms. The van der Waals surface area contributed by atoms with Gasteiger partial charge in [0.2, 0.25) is 11.9 Å². The highest BCUT2D eigenvalue weighted by molar-refractivity contribution is 6.05. The first-order chi connectivity index (χ1) is 9.96. The zero-order chi connectivity index (χ0) is 15.5. The Morgan fingerprint density at radius 3 is 2.38 bits per heavy atom. The highest BCUT2D eigenvalue weighted by Gasteiger charge is 2.37. The van der Waals surface area contributed by atoms with Crippen LogP contribution in [0.25, 0.3) is 0 Å². The minimum Gasteiger partial charge on any atom is -0.409 e. The molecule has 1 fully saturated rings. The van der Waals surface area contributed by atoms with E-state index in [1.807, 2.05) is 4.90 Å². The van der Waals surface area contributed by atoms with Crippen LogP contribution in [0.5, 0.6) is 0 Å². The number of nitrogens with zero attached hydrogens (tertiary/aromatic N) is 5. The van der Waals surface area contributed by atoms with E-state index < -0.39 is 5.41 Å². The number of piperazine rings is 1. The topological polar surface area (TPSA) is 108 Å². The Balaban J connectivity index is 2.00. The molecule has 0 aliphatic carbocycles. The van der Waals surface area contributed by atoms with Crippen molar-refractivity contribution in [2.24, 2.45) is 16.3 Å². The fourth-order valence-corrected chi connectivity index (χ4v) is 2.19. The summed E-state index contributed by atoms with van der Waals surface area (Å²) in [7, 11) is 0. The lowest BCUT2D eigenvalue weighted by Crippen LogP contribution is -2.55. The van der Waals surface area contributed by atoms with Crippen molar-refractivity contribution in [2.75, 3.05) is 31.1 Å². The molecule has 0 radical (unpaired) electrons. The summed E-state index contributed by atoms with van der Waals surface area (Å²) in [6.07, 6.45) is 3.39. The standard InChI is InChI=1S/C13H20N6O2/c1-13(2,10(14)17-21)11(20)18-6-8-19(9-7-18)12-15-4-3-5-16-12/h3-5,21H,6-9H2,1-2H3,(H2,14,17). The lowest BCUT2D eigenvalue weighted by atomic mass is 9.90. The third kappa shape index (κ3) is 3.04. The molecule has 1 aromatic heterocycles. The predicted molar refractivity (Wildman–Crippen MR) is 78.0 cm³/mol. The minimum absolute atomic E-state index is 0.0821. The summed E-state index contributed by atoms with van der Waals surface area (Å²) in [4.78, 5) is 24.6. The van der Waals surface area contributed by atoms with E-state index in [1.54, 1.807) is 37.2 Å². The normalized spacial score (nSPS) is 17.0.